The van der Waals surface area contributed by atoms with Crippen molar-refractivity contribution in [2.24, 2.45) is 4.99 Å². The first-order chi connectivity index (χ1) is 12.7. The quantitative estimate of drug-likeness (QED) is 0.323. The minimum atomic E-state index is -0.0880. The highest BCUT2D eigenvalue weighted by Crippen LogP contribution is 2.17. The van der Waals surface area contributed by atoms with Crippen molar-refractivity contribution in [3.05, 3.63) is 65.2 Å². The van der Waals surface area contributed by atoms with Crippen LogP contribution in [0, 0.1) is 0 Å². The molecule has 0 bridgehead atoms. The minimum Gasteiger partial charge on any atom is -0.494 e. The fourth-order valence-corrected chi connectivity index (χ4v) is 2.45. The Morgan fingerprint density at radius 3 is 2.33 bits per heavy atom. The maximum absolute atomic E-state index is 11.6. The van der Waals surface area contributed by atoms with Gasteiger partial charge < -0.3 is 20.7 Å². The number of para-hydroxylation sites is 1. The highest BCUT2D eigenvalue weighted by atomic mass is 127. The van der Waals surface area contributed by atoms with Crippen LogP contribution in [0.1, 0.15) is 28.4 Å². The number of hydrogen-bond donors (Lipinski definition) is 3. The number of benzene rings is 2. The Bertz CT molecular complexity index is 748. The summed E-state index contributed by atoms with van der Waals surface area (Å²) in [6.45, 7) is 3.84. The van der Waals surface area contributed by atoms with E-state index in [1.807, 2.05) is 55.5 Å². The van der Waals surface area contributed by atoms with Crippen LogP contribution in [0.15, 0.2) is 53.5 Å². The molecule has 0 aliphatic carbocycles. The van der Waals surface area contributed by atoms with Gasteiger partial charge >= 0.3 is 0 Å². The molecule has 0 radical (unpaired) electrons. The van der Waals surface area contributed by atoms with Crippen LogP contribution >= 0.6 is 24.0 Å². The number of amides is 1. The Labute approximate surface area is 177 Å². The number of nitrogens with one attached hydrogen (secondary N) is 3. The van der Waals surface area contributed by atoms with Crippen molar-refractivity contribution >= 4 is 35.8 Å². The molecule has 0 fully saturated rings. The van der Waals surface area contributed by atoms with Crippen molar-refractivity contribution in [3.63, 3.8) is 0 Å². The zero-order valence-electron chi connectivity index (χ0n) is 15.9. The maximum atomic E-state index is 11.6. The SMILES string of the molecule is CCOc1ccccc1CNC(=NC)NCc1ccc(C(=O)NC)cc1.I. The van der Waals surface area contributed by atoms with Gasteiger partial charge in [0, 0.05) is 38.3 Å². The van der Waals surface area contributed by atoms with Crippen LogP contribution in [0.25, 0.3) is 0 Å². The molecule has 0 aliphatic rings. The Kier molecular flexibility index (Phi) is 10.2. The lowest BCUT2D eigenvalue weighted by molar-refractivity contribution is 0.0963. The van der Waals surface area contributed by atoms with Gasteiger partial charge in [0.25, 0.3) is 5.91 Å². The monoisotopic (exact) mass is 482 g/mol. The number of guanidine groups is 1. The van der Waals surface area contributed by atoms with Crippen molar-refractivity contribution in [1.82, 2.24) is 16.0 Å². The third kappa shape index (κ3) is 7.09. The van der Waals surface area contributed by atoms with E-state index < -0.39 is 0 Å². The lowest BCUT2D eigenvalue weighted by atomic mass is 10.1. The number of carbonyl (C=O) groups is 1. The van der Waals surface area contributed by atoms with Gasteiger partial charge in [-0.05, 0) is 30.7 Å². The summed E-state index contributed by atoms with van der Waals surface area (Å²) in [6.07, 6.45) is 0. The lowest BCUT2D eigenvalue weighted by Crippen LogP contribution is -2.36. The molecular formula is C20H27IN4O2. The molecule has 146 valence electrons. The number of carbonyl (C=O) groups excluding carboxylic acids is 1. The van der Waals surface area contributed by atoms with E-state index in [1.54, 1.807) is 14.1 Å². The van der Waals surface area contributed by atoms with Crippen LogP contribution in [-0.2, 0) is 13.1 Å². The van der Waals surface area contributed by atoms with Gasteiger partial charge in [-0.1, -0.05) is 30.3 Å². The Morgan fingerprint density at radius 1 is 1.04 bits per heavy atom. The van der Waals surface area contributed by atoms with Crippen molar-refractivity contribution < 1.29 is 9.53 Å². The van der Waals surface area contributed by atoms with Gasteiger partial charge in [-0.3, -0.25) is 9.79 Å². The smallest absolute Gasteiger partial charge is 0.251 e. The third-order valence-corrected chi connectivity index (χ3v) is 3.85. The zero-order valence-corrected chi connectivity index (χ0v) is 18.2. The molecule has 0 heterocycles. The molecule has 2 rings (SSSR count). The molecule has 0 aromatic heterocycles. The number of rotatable bonds is 7. The van der Waals surface area contributed by atoms with Gasteiger partial charge in [0.1, 0.15) is 5.75 Å². The van der Waals surface area contributed by atoms with Crippen molar-refractivity contribution in [2.75, 3.05) is 20.7 Å². The normalized spacial score (nSPS) is 10.6. The van der Waals surface area contributed by atoms with E-state index in [1.165, 1.54) is 0 Å². The van der Waals surface area contributed by atoms with Crippen molar-refractivity contribution in [3.8, 4) is 5.75 Å². The molecule has 2 aromatic carbocycles. The zero-order chi connectivity index (χ0) is 18.8. The number of nitrogens with zero attached hydrogens (tertiary/aromatic N) is 1. The van der Waals surface area contributed by atoms with Crippen LogP contribution in [0.2, 0.25) is 0 Å². The average Bonchev–Trinajstić information content (AvgIpc) is 2.69. The number of ether oxygens (including phenoxy) is 1. The molecule has 0 saturated carbocycles. The molecule has 7 heteroatoms. The summed E-state index contributed by atoms with van der Waals surface area (Å²) in [5.41, 5.74) is 2.79. The Hall–Kier alpha value is -2.29. The molecule has 1 amide bonds. The summed E-state index contributed by atoms with van der Waals surface area (Å²) in [5, 5.41) is 9.17. The van der Waals surface area contributed by atoms with E-state index in [2.05, 4.69) is 20.9 Å². The highest BCUT2D eigenvalue weighted by Gasteiger charge is 2.05. The first kappa shape index (κ1) is 22.8. The number of aliphatic imine (C=N–C) groups is 1. The molecule has 0 spiro atoms. The second kappa shape index (κ2) is 12.2. The maximum Gasteiger partial charge on any atom is 0.251 e. The molecule has 2 aromatic rings. The predicted molar refractivity (Wildman–Crippen MR) is 120 cm³/mol. The largest absolute Gasteiger partial charge is 0.494 e. The summed E-state index contributed by atoms with van der Waals surface area (Å²) >= 11 is 0. The fourth-order valence-electron chi connectivity index (χ4n) is 2.45. The topological polar surface area (TPSA) is 74.8 Å². The Morgan fingerprint density at radius 2 is 1.70 bits per heavy atom. The average molecular weight is 482 g/mol. The second-order valence-corrected chi connectivity index (χ2v) is 5.60. The number of halogens is 1. The van der Waals surface area contributed by atoms with Gasteiger partial charge in [0.2, 0.25) is 0 Å². The first-order valence-corrected chi connectivity index (χ1v) is 8.64. The minimum absolute atomic E-state index is 0. The summed E-state index contributed by atoms with van der Waals surface area (Å²) in [5.74, 6) is 1.49. The summed E-state index contributed by atoms with van der Waals surface area (Å²) in [4.78, 5) is 15.8. The van der Waals surface area contributed by atoms with Crippen LogP contribution in [-0.4, -0.2) is 32.6 Å². The fraction of sp³-hybridized carbons (Fsp3) is 0.300. The predicted octanol–water partition coefficient (Wildman–Crippen LogP) is 2.93. The van der Waals surface area contributed by atoms with Gasteiger partial charge in [0.05, 0.1) is 6.61 Å². The van der Waals surface area contributed by atoms with E-state index in [0.29, 0.717) is 31.2 Å². The summed E-state index contributed by atoms with van der Waals surface area (Å²) < 4.78 is 5.64. The van der Waals surface area contributed by atoms with Crippen molar-refractivity contribution in [2.45, 2.75) is 20.0 Å². The van der Waals surface area contributed by atoms with Gasteiger partial charge in [-0.15, -0.1) is 24.0 Å². The molecule has 0 unspecified atom stereocenters. The van der Waals surface area contributed by atoms with Gasteiger partial charge in [-0.25, -0.2) is 0 Å². The van der Waals surface area contributed by atoms with E-state index in [-0.39, 0.29) is 29.9 Å². The van der Waals surface area contributed by atoms with Crippen LogP contribution in [0.4, 0.5) is 0 Å². The van der Waals surface area contributed by atoms with Crippen LogP contribution < -0.4 is 20.7 Å². The summed E-state index contributed by atoms with van der Waals surface area (Å²) in [6, 6.07) is 15.4. The van der Waals surface area contributed by atoms with Crippen LogP contribution in [0.5, 0.6) is 5.75 Å². The molecule has 0 atom stereocenters. The van der Waals surface area contributed by atoms with E-state index in [9.17, 15) is 4.79 Å². The van der Waals surface area contributed by atoms with Gasteiger partial charge in [-0.2, -0.15) is 0 Å². The van der Waals surface area contributed by atoms with Crippen LogP contribution in [0.3, 0.4) is 0 Å². The van der Waals surface area contributed by atoms with E-state index in [4.69, 9.17) is 4.74 Å². The second-order valence-electron chi connectivity index (χ2n) is 5.60. The van der Waals surface area contributed by atoms with Gasteiger partial charge in [0.15, 0.2) is 5.96 Å². The molecular weight excluding hydrogens is 455 g/mol. The Balaban J connectivity index is 0.00000364. The highest BCUT2D eigenvalue weighted by molar-refractivity contribution is 14.0. The molecule has 6 nitrogen and oxygen atoms in total. The number of hydrogen-bond acceptors (Lipinski definition) is 3. The molecule has 0 aliphatic heterocycles. The molecule has 27 heavy (non-hydrogen) atoms. The van der Waals surface area contributed by atoms with E-state index in [0.717, 1.165) is 16.9 Å². The third-order valence-electron chi connectivity index (χ3n) is 3.85. The molecule has 3 N–H and O–H groups in total. The first-order valence-electron chi connectivity index (χ1n) is 8.64. The standard InChI is InChI=1S/C20H26N4O2.HI/c1-4-26-18-8-6-5-7-17(18)14-24-20(22-3)23-13-15-9-11-16(12-10-15)19(25)21-2;/h5-12H,4,13-14H2,1-3H3,(H,21,25)(H2,22,23,24);1H. The lowest BCUT2D eigenvalue weighted by Gasteiger charge is -2.14. The summed E-state index contributed by atoms with van der Waals surface area (Å²) in [7, 11) is 3.36. The van der Waals surface area contributed by atoms with Crippen molar-refractivity contribution in [1.29, 1.82) is 0 Å². The molecule has 0 saturated heterocycles. The van der Waals surface area contributed by atoms with E-state index >= 15 is 0 Å².